The minimum atomic E-state index is 0.135. The summed E-state index contributed by atoms with van der Waals surface area (Å²) < 4.78 is 11.7. The number of fused-ring (bicyclic) bond motifs is 1. The molecule has 2 aromatic carbocycles. The number of phenolic OH excluding ortho intramolecular Hbond substituents is 1. The lowest BCUT2D eigenvalue weighted by atomic mass is 10.1. The molecule has 112 valence electrons. The molecule has 0 saturated carbocycles. The first kappa shape index (κ1) is 14.5. The van der Waals surface area contributed by atoms with E-state index in [1.54, 1.807) is 30.6 Å². The lowest BCUT2D eigenvalue weighted by Gasteiger charge is -2.05. The molecule has 1 heterocycles. The van der Waals surface area contributed by atoms with Gasteiger partial charge in [-0.1, -0.05) is 18.2 Å². The summed E-state index contributed by atoms with van der Waals surface area (Å²) >= 11 is 1.69. The summed E-state index contributed by atoms with van der Waals surface area (Å²) in [6.07, 6.45) is 3.95. The highest BCUT2D eigenvalue weighted by Crippen LogP contribution is 2.32. The molecular weight excluding hydrogens is 296 g/mol. The normalized spacial score (nSPS) is 11.2. The zero-order chi connectivity index (χ0) is 15.5. The van der Waals surface area contributed by atoms with E-state index in [1.807, 2.05) is 24.3 Å². The van der Waals surface area contributed by atoms with E-state index in [9.17, 15) is 5.11 Å². The van der Waals surface area contributed by atoms with E-state index in [0.717, 1.165) is 22.3 Å². The van der Waals surface area contributed by atoms with Crippen LogP contribution < -0.4 is 9.47 Å². The summed E-state index contributed by atoms with van der Waals surface area (Å²) in [4.78, 5) is 0. The molecule has 0 spiro atoms. The fourth-order valence-electron chi connectivity index (χ4n) is 2.33. The first-order valence-corrected chi connectivity index (χ1v) is 7.69. The summed E-state index contributed by atoms with van der Waals surface area (Å²) in [5.41, 5.74) is 1.96. The summed E-state index contributed by atoms with van der Waals surface area (Å²) in [5, 5.41) is 13.0. The van der Waals surface area contributed by atoms with E-state index in [4.69, 9.17) is 9.47 Å². The largest absolute Gasteiger partial charge is 0.504 e. The van der Waals surface area contributed by atoms with Gasteiger partial charge in [0.05, 0.1) is 14.2 Å². The number of methoxy groups -OCH3 is 2. The molecule has 0 aliphatic carbocycles. The Bertz CT molecular complexity index is 833. The molecule has 0 aliphatic rings. The van der Waals surface area contributed by atoms with Gasteiger partial charge < -0.3 is 14.6 Å². The highest BCUT2D eigenvalue weighted by Gasteiger charge is 2.04. The monoisotopic (exact) mass is 312 g/mol. The Morgan fingerprint density at radius 1 is 0.909 bits per heavy atom. The third-order valence-corrected chi connectivity index (χ3v) is 4.31. The minimum absolute atomic E-state index is 0.135. The predicted octanol–water partition coefficient (Wildman–Crippen LogP) is 4.79. The molecule has 1 N–H and O–H groups in total. The molecule has 0 saturated heterocycles. The summed E-state index contributed by atoms with van der Waals surface area (Å²) in [7, 11) is 3.22. The standard InChI is InChI=1S/C18H16O3S/c1-20-16-6-5-12(9-15(16)19)3-4-13-10-17(21-2)14-7-8-22-18(14)11-13/h3-11,19H,1-2H3. The van der Waals surface area contributed by atoms with E-state index in [1.165, 1.54) is 11.8 Å². The van der Waals surface area contributed by atoms with Crippen LogP contribution in [0.3, 0.4) is 0 Å². The van der Waals surface area contributed by atoms with Crippen LogP contribution in [0.15, 0.2) is 41.8 Å². The molecule has 3 rings (SSSR count). The van der Waals surface area contributed by atoms with Crippen molar-refractivity contribution in [1.82, 2.24) is 0 Å². The molecule has 0 unspecified atom stereocenters. The van der Waals surface area contributed by atoms with Crippen LogP contribution in [0, 0.1) is 0 Å². The number of rotatable bonds is 4. The van der Waals surface area contributed by atoms with Crippen LogP contribution in [0.25, 0.3) is 22.2 Å². The van der Waals surface area contributed by atoms with Gasteiger partial charge in [-0.2, -0.15) is 0 Å². The highest BCUT2D eigenvalue weighted by atomic mass is 32.1. The van der Waals surface area contributed by atoms with Crippen molar-refractivity contribution < 1.29 is 14.6 Å². The Labute approximate surface area is 133 Å². The molecule has 0 radical (unpaired) electrons. The summed E-state index contributed by atoms with van der Waals surface area (Å²) in [6.45, 7) is 0. The van der Waals surface area contributed by atoms with Crippen molar-refractivity contribution in [3.05, 3.63) is 52.9 Å². The number of hydrogen-bond donors (Lipinski definition) is 1. The molecule has 3 aromatic rings. The van der Waals surface area contributed by atoms with E-state index >= 15 is 0 Å². The molecule has 0 fully saturated rings. The van der Waals surface area contributed by atoms with Crippen LogP contribution in [0.2, 0.25) is 0 Å². The van der Waals surface area contributed by atoms with Gasteiger partial charge >= 0.3 is 0 Å². The van der Waals surface area contributed by atoms with Gasteiger partial charge in [0, 0.05) is 10.1 Å². The van der Waals surface area contributed by atoms with E-state index in [2.05, 4.69) is 17.5 Å². The molecule has 4 heteroatoms. The molecule has 0 bridgehead atoms. The molecule has 0 atom stereocenters. The van der Waals surface area contributed by atoms with Crippen molar-refractivity contribution in [2.24, 2.45) is 0 Å². The molecule has 1 aromatic heterocycles. The third-order valence-electron chi connectivity index (χ3n) is 3.45. The fraction of sp³-hybridized carbons (Fsp3) is 0.111. The zero-order valence-electron chi connectivity index (χ0n) is 12.4. The van der Waals surface area contributed by atoms with E-state index < -0.39 is 0 Å². The SMILES string of the molecule is COc1ccc(C=Cc2cc(OC)c3ccsc3c2)cc1O. The van der Waals surface area contributed by atoms with Gasteiger partial charge in [0.2, 0.25) is 0 Å². The van der Waals surface area contributed by atoms with Crippen molar-refractivity contribution in [3.63, 3.8) is 0 Å². The molecule has 22 heavy (non-hydrogen) atoms. The van der Waals surface area contributed by atoms with Gasteiger partial charge in [-0.25, -0.2) is 0 Å². The van der Waals surface area contributed by atoms with Crippen LogP contribution in [0.4, 0.5) is 0 Å². The van der Waals surface area contributed by atoms with Crippen molar-refractivity contribution in [1.29, 1.82) is 0 Å². The molecular formula is C18H16O3S. The Kier molecular flexibility index (Phi) is 4.02. The number of hydrogen-bond acceptors (Lipinski definition) is 4. The van der Waals surface area contributed by atoms with Crippen molar-refractivity contribution in [2.75, 3.05) is 14.2 Å². The Hall–Kier alpha value is -2.46. The van der Waals surface area contributed by atoms with Crippen LogP contribution >= 0.6 is 11.3 Å². The lowest BCUT2D eigenvalue weighted by Crippen LogP contribution is -1.85. The lowest BCUT2D eigenvalue weighted by molar-refractivity contribution is 0.373. The van der Waals surface area contributed by atoms with Crippen molar-refractivity contribution in [3.8, 4) is 17.2 Å². The fourth-order valence-corrected chi connectivity index (χ4v) is 3.18. The molecule has 0 amide bonds. The Balaban J connectivity index is 1.93. The van der Waals surface area contributed by atoms with E-state index in [-0.39, 0.29) is 5.75 Å². The van der Waals surface area contributed by atoms with Crippen LogP contribution in [-0.2, 0) is 0 Å². The number of benzene rings is 2. The number of aromatic hydroxyl groups is 1. The maximum Gasteiger partial charge on any atom is 0.160 e. The van der Waals surface area contributed by atoms with Gasteiger partial charge in [-0.05, 0) is 46.8 Å². The van der Waals surface area contributed by atoms with Crippen molar-refractivity contribution in [2.45, 2.75) is 0 Å². The Morgan fingerprint density at radius 2 is 1.68 bits per heavy atom. The number of phenols is 1. The van der Waals surface area contributed by atoms with Gasteiger partial charge in [-0.3, -0.25) is 0 Å². The molecule has 0 aliphatic heterocycles. The number of ether oxygens (including phenoxy) is 2. The van der Waals surface area contributed by atoms with Crippen molar-refractivity contribution >= 4 is 33.6 Å². The predicted molar refractivity (Wildman–Crippen MR) is 92.0 cm³/mol. The second kappa shape index (κ2) is 6.12. The second-order valence-corrected chi connectivity index (χ2v) is 5.77. The highest BCUT2D eigenvalue weighted by molar-refractivity contribution is 7.17. The van der Waals surface area contributed by atoms with Crippen LogP contribution in [0.5, 0.6) is 17.2 Å². The van der Waals surface area contributed by atoms with Crippen LogP contribution in [-0.4, -0.2) is 19.3 Å². The Morgan fingerprint density at radius 3 is 2.41 bits per heavy atom. The van der Waals surface area contributed by atoms with Gasteiger partial charge in [-0.15, -0.1) is 11.3 Å². The summed E-state index contributed by atoms with van der Waals surface area (Å²) in [6, 6.07) is 11.5. The van der Waals surface area contributed by atoms with E-state index in [0.29, 0.717) is 5.75 Å². The molecule has 3 nitrogen and oxygen atoms in total. The maximum absolute atomic E-state index is 9.81. The van der Waals surface area contributed by atoms with Gasteiger partial charge in [0.15, 0.2) is 11.5 Å². The van der Waals surface area contributed by atoms with Crippen LogP contribution in [0.1, 0.15) is 11.1 Å². The first-order chi connectivity index (χ1) is 10.7. The second-order valence-electron chi connectivity index (χ2n) is 4.82. The van der Waals surface area contributed by atoms with Gasteiger partial charge in [0.1, 0.15) is 5.75 Å². The number of thiophene rings is 1. The minimum Gasteiger partial charge on any atom is -0.504 e. The maximum atomic E-state index is 9.81. The third kappa shape index (κ3) is 2.78. The average Bonchev–Trinajstić information content (AvgIpc) is 3.00. The zero-order valence-corrected chi connectivity index (χ0v) is 13.2. The summed E-state index contributed by atoms with van der Waals surface area (Å²) in [5.74, 6) is 1.48. The average molecular weight is 312 g/mol. The smallest absolute Gasteiger partial charge is 0.160 e. The van der Waals surface area contributed by atoms with Gasteiger partial charge in [0.25, 0.3) is 0 Å². The topological polar surface area (TPSA) is 38.7 Å². The first-order valence-electron chi connectivity index (χ1n) is 6.81. The quantitative estimate of drug-likeness (QED) is 0.704.